The van der Waals surface area contributed by atoms with Crippen LogP contribution in [0.4, 0.5) is 0 Å². The first-order valence-electron chi connectivity index (χ1n) is 6.79. The molecule has 2 atom stereocenters. The van der Waals surface area contributed by atoms with Crippen LogP contribution in [0.2, 0.25) is 0 Å². The molecular formula is C13H21N3O. The first-order valence-corrected chi connectivity index (χ1v) is 6.79. The van der Waals surface area contributed by atoms with Crippen molar-refractivity contribution in [2.24, 2.45) is 17.6 Å². The second-order valence-electron chi connectivity index (χ2n) is 5.74. The van der Waals surface area contributed by atoms with Gasteiger partial charge in [0.2, 0.25) is 5.89 Å². The molecule has 4 nitrogen and oxygen atoms in total. The first kappa shape index (κ1) is 11.2. The second kappa shape index (κ2) is 3.80. The third-order valence-electron chi connectivity index (χ3n) is 4.74. The zero-order valence-corrected chi connectivity index (χ0v) is 10.6. The molecule has 2 unspecified atom stereocenters. The van der Waals surface area contributed by atoms with E-state index in [1.165, 1.54) is 19.3 Å². The molecule has 0 aromatic carbocycles. The maximum absolute atomic E-state index is 6.28. The standard InChI is InChI=1S/C13H21N3O/c1-3-13(14,4-2)12-15-11(17-16-12)10-6-8-5-9(8)7-10/h8-10H,3-7,14H2,1-2H3. The van der Waals surface area contributed by atoms with Gasteiger partial charge in [-0.05, 0) is 43.9 Å². The largest absolute Gasteiger partial charge is 0.339 e. The van der Waals surface area contributed by atoms with Crippen LogP contribution in [0.15, 0.2) is 4.52 Å². The molecule has 2 aliphatic carbocycles. The van der Waals surface area contributed by atoms with E-state index in [0.717, 1.165) is 30.6 Å². The zero-order chi connectivity index (χ0) is 12.0. The molecule has 0 aliphatic heterocycles. The molecule has 0 spiro atoms. The van der Waals surface area contributed by atoms with Gasteiger partial charge in [0.05, 0.1) is 5.54 Å². The number of hydrogen-bond acceptors (Lipinski definition) is 4. The fourth-order valence-electron chi connectivity index (χ4n) is 3.09. The summed E-state index contributed by atoms with van der Waals surface area (Å²) in [5, 5.41) is 4.10. The number of hydrogen-bond donors (Lipinski definition) is 1. The third kappa shape index (κ3) is 1.79. The van der Waals surface area contributed by atoms with E-state index in [4.69, 9.17) is 10.3 Å². The molecule has 1 heterocycles. The molecule has 2 saturated carbocycles. The van der Waals surface area contributed by atoms with Crippen LogP contribution in [0.5, 0.6) is 0 Å². The van der Waals surface area contributed by atoms with Gasteiger partial charge in [-0.25, -0.2) is 0 Å². The van der Waals surface area contributed by atoms with Crippen LogP contribution >= 0.6 is 0 Å². The van der Waals surface area contributed by atoms with Crippen molar-refractivity contribution in [3.05, 3.63) is 11.7 Å². The van der Waals surface area contributed by atoms with E-state index in [-0.39, 0.29) is 0 Å². The lowest BCUT2D eigenvalue weighted by Crippen LogP contribution is -2.36. The van der Waals surface area contributed by atoms with Crippen LogP contribution in [-0.4, -0.2) is 10.1 Å². The van der Waals surface area contributed by atoms with Crippen molar-refractivity contribution in [1.82, 2.24) is 10.1 Å². The summed E-state index contributed by atoms with van der Waals surface area (Å²) in [6.45, 7) is 4.15. The van der Waals surface area contributed by atoms with Crippen molar-refractivity contribution in [3.63, 3.8) is 0 Å². The minimum absolute atomic E-state index is 0.413. The molecule has 0 amide bonds. The fourth-order valence-corrected chi connectivity index (χ4v) is 3.09. The topological polar surface area (TPSA) is 64.9 Å². The van der Waals surface area contributed by atoms with E-state index in [2.05, 4.69) is 24.0 Å². The Morgan fingerprint density at radius 1 is 1.24 bits per heavy atom. The van der Waals surface area contributed by atoms with Crippen molar-refractivity contribution >= 4 is 0 Å². The number of fused-ring (bicyclic) bond motifs is 1. The Balaban J connectivity index is 1.78. The van der Waals surface area contributed by atoms with Gasteiger partial charge < -0.3 is 10.3 Å². The minimum atomic E-state index is -0.413. The predicted octanol–water partition coefficient (Wildman–Crippen LogP) is 2.56. The summed E-state index contributed by atoms with van der Waals surface area (Å²) >= 11 is 0. The maximum Gasteiger partial charge on any atom is 0.229 e. The molecule has 2 fully saturated rings. The van der Waals surface area contributed by atoms with Gasteiger partial charge >= 0.3 is 0 Å². The highest BCUT2D eigenvalue weighted by atomic mass is 16.5. The molecule has 94 valence electrons. The van der Waals surface area contributed by atoms with Gasteiger partial charge in [-0.3, -0.25) is 0 Å². The number of nitrogens with two attached hydrogens (primary N) is 1. The molecule has 17 heavy (non-hydrogen) atoms. The van der Waals surface area contributed by atoms with Crippen molar-refractivity contribution in [2.45, 2.75) is 57.4 Å². The van der Waals surface area contributed by atoms with E-state index in [9.17, 15) is 0 Å². The Hall–Kier alpha value is -0.900. The summed E-state index contributed by atoms with van der Waals surface area (Å²) in [7, 11) is 0. The summed E-state index contributed by atoms with van der Waals surface area (Å²) in [6, 6.07) is 0. The van der Waals surface area contributed by atoms with Crippen LogP contribution in [-0.2, 0) is 5.54 Å². The summed E-state index contributed by atoms with van der Waals surface area (Å²) in [6.07, 6.45) is 5.59. The number of rotatable bonds is 4. The average molecular weight is 235 g/mol. The lowest BCUT2D eigenvalue weighted by molar-refractivity contribution is 0.321. The van der Waals surface area contributed by atoms with E-state index < -0.39 is 5.54 Å². The van der Waals surface area contributed by atoms with Crippen LogP contribution in [0.3, 0.4) is 0 Å². The second-order valence-corrected chi connectivity index (χ2v) is 5.74. The van der Waals surface area contributed by atoms with E-state index in [0.29, 0.717) is 11.7 Å². The Bertz CT molecular complexity index is 401. The first-order chi connectivity index (χ1) is 8.16. The van der Waals surface area contributed by atoms with Crippen molar-refractivity contribution in [1.29, 1.82) is 0 Å². The molecule has 0 saturated heterocycles. The van der Waals surface area contributed by atoms with Crippen LogP contribution in [0.25, 0.3) is 0 Å². The highest BCUT2D eigenvalue weighted by Crippen LogP contribution is 2.57. The summed E-state index contributed by atoms with van der Waals surface area (Å²) in [5.74, 6) is 3.89. The SMILES string of the molecule is CCC(N)(CC)c1noc(C2CC3CC3C2)n1. The quantitative estimate of drug-likeness (QED) is 0.871. The van der Waals surface area contributed by atoms with Crippen molar-refractivity contribution in [3.8, 4) is 0 Å². The fraction of sp³-hybridized carbons (Fsp3) is 0.846. The monoisotopic (exact) mass is 235 g/mol. The van der Waals surface area contributed by atoms with Crippen LogP contribution in [0.1, 0.15) is 63.6 Å². The molecule has 0 radical (unpaired) electrons. The molecule has 4 heteroatoms. The van der Waals surface area contributed by atoms with Crippen LogP contribution < -0.4 is 5.73 Å². The number of aromatic nitrogens is 2. The lowest BCUT2D eigenvalue weighted by Gasteiger charge is -2.21. The minimum Gasteiger partial charge on any atom is -0.339 e. The third-order valence-corrected chi connectivity index (χ3v) is 4.74. The highest BCUT2D eigenvalue weighted by Gasteiger charge is 2.48. The van der Waals surface area contributed by atoms with E-state index in [1.54, 1.807) is 0 Å². The normalized spacial score (nSPS) is 31.6. The molecule has 2 aliphatic rings. The molecular weight excluding hydrogens is 214 g/mol. The van der Waals surface area contributed by atoms with Gasteiger partial charge in [0, 0.05) is 5.92 Å². The van der Waals surface area contributed by atoms with Gasteiger partial charge in [0.1, 0.15) is 0 Å². The maximum atomic E-state index is 6.28. The average Bonchev–Trinajstić information content (AvgIpc) is 2.83. The molecule has 2 N–H and O–H groups in total. The molecule has 0 bridgehead atoms. The summed E-state index contributed by atoms with van der Waals surface area (Å²) < 4.78 is 5.43. The van der Waals surface area contributed by atoms with Gasteiger partial charge in [-0.1, -0.05) is 19.0 Å². The van der Waals surface area contributed by atoms with Gasteiger partial charge in [0.25, 0.3) is 0 Å². The number of nitrogens with zero attached hydrogens (tertiary/aromatic N) is 2. The Labute approximate surface area is 102 Å². The Kier molecular flexibility index (Phi) is 2.51. The molecule has 3 rings (SSSR count). The Morgan fingerprint density at radius 3 is 2.47 bits per heavy atom. The van der Waals surface area contributed by atoms with E-state index in [1.807, 2.05) is 0 Å². The van der Waals surface area contributed by atoms with Gasteiger partial charge in [0.15, 0.2) is 5.82 Å². The summed E-state index contributed by atoms with van der Waals surface area (Å²) in [5.41, 5.74) is 5.87. The van der Waals surface area contributed by atoms with Gasteiger partial charge in [-0.2, -0.15) is 4.98 Å². The smallest absolute Gasteiger partial charge is 0.229 e. The van der Waals surface area contributed by atoms with Crippen molar-refractivity contribution in [2.75, 3.05) is 0 Å². The van der Waals surface area contributed by atoms with Crippen LogP contribution in [0, 0.1) is 11.8 Å². The molecule has 1 aromatic heterocycles. The van der Waals surface area contributed by atoms with Gasteiger partial charge in [-0.15, -0.1) is 0 Å². The lowest BCUT2D eigenvalue weighted by atomic mass is 9.93. The van der Waals surface area contributed by atoms with E-state index >= 15 is 0 Å². The van der Waals surface area contributed by atoms with Crippen molar-refractivity contribution < 1.29 is 4.52 Å². The highest BCUT2D eigenvalue weighted by molar-refractivity contribution is 5.09. The zero-order valence-electron chi connectivity index (χ0n) is 10.6. The molecule has 1 aromatic rings. The summed E-state index contributed by atoms with van der Waals surface area (Å²) in [4.78, 5) is 4.56. The Morgan fingerprint density at radius 2 is 1.88 bits per heavy atom. The predicted molar refractivity (Wildman–Crippen MR) is 64.3 cm³/mol.